The van der Waals surface area contributed by atoms with E-state index < -0.39 is 4.92 Å². The van der Waals surface area contributed by atoms with Crippen molar-refractivity contribution in [1.29, 1.82) is 0 Å². The zero-order chi connectivity index (χ0) is 12.3. The van der Waals surface area contributed by atoms with Crippen molar-refractivity contribution < 1.29 is 14.4 Å². The van der Waals surface area contributed by atoms with E-state index in [0.717, 1.165) is 12.8 Å². The summed E-state index contributed by atoms with van der Waals surface area (Å²) < 4.78 is 10.8. The van der Waals surface area contributed by atoms with Crippen LogP contribution in [0.15, 0.2) is 12.1 Å². The number of nitrogen functional groups attached to an aromatic ring is 1. The molecule has 7 nitrogen and oxygen atoms in total. The molecule has 1 aliphatic rings. The largest absolute Gasteiger partial charge is 0.474 e. The van der Waals surface area contributed by atoms with E-state index >= 15 is 0 Å². The lowest BCUT2D eigenvalue weighted by Crippen LogP contribution is -2.26. The number of aromatic nitrogens is 1. The van der Waals surface area contributed by atoms with Gasteiger partial charge in [-0.2, -0.15) is 4.98 Å². The monoisotopic (exact) mass is 239 g/mol. The zero-order valence-corrected chi connectivity index (χ0v) is 9.17. The van der Waals surface area contributed by atoms with E-state index in [1.807, 2.05) is 0 Å². The summed E-state index contributed by atoms with van der Waals surface area (Å²) in [4.78, 5) is 13.8. The van der Waals surface area contributed by atoms with Crippen LogP contribution in [0.4, 0.5) is 11.5 Å². The predicted octanol–water partition coefficient (Wildman–Crippen LogP) is 1.13. The third-order valence-corrected chi connectivity index (χ3v) is 2.53. The Labute approximate surface area is 97.7 Å². The Morgan fingerprint density at radius 1 is 1.47 bits per heavy atom. The van der Waals surface area contributed by atoms with E-state index in [4.69, 9.17) is 15.2 Å². The lowest BCUT2D eigenvalue weighted by atomic mass is 10.1. The SMILES string of the molecule is Nc1nc(OC2CCOCC2)ccc1[N+](=O)[O-]. The fourth-order valence-electron chi connectivity index (χ4n) is 1.63. The fourth-order valence-corrected chi connectivity index (χ4v) is 1.63. The number of nitro groups is 1. The molecule has 0 spiro atoms. The van der Waals surface area contributed by atoms with Gasteiger partial charge in [-0.25, -0.2) is 0 Å². The van der Waals surface area contributed by atoms with Crippen molar-refractivity contribution >= 4 is 11.5 Å². The smallest absolute Gasteiger partial charge is 0.311 e. The summed E-state index contributed by atoms with van der Waals surface area (Å²) >= 11 is 0. The molecule has 1 fully saturated rings. The summed E-state index contributed by atoms with van der Waals surface area (Å²) in [6.45, 7) is 1.32. The quantitative estimate of drug-likeness (QED) is 0.626. The first-order valence-corrected chi connectivity index (χ1v) is 5.32. The summed E-state index contributed by atoms with van der Waals surface area (Å²) in [5.41, 5.74) is 5.27. The van der Waals surface area contributed by atoms with Crippen LogP contribution >= 0.6 is 0 Å². The number of rotatable bonds is 3. The number of ether oxygens (including phenoxy) is 2. The number of nitrogens with zero attached hydrogens (tertiary/aromatic N) is 2. The number of anilines is 1. The molecule has 0 atom stereocenters. The Bertz CT molecular complexity index is 418. The highest BCUT2D eigenvalue weighted by Gasteiger charge is 2.18. The van der Waals surface area contributed by atoms with Crippen molar-refractivity contribution in [1.82, 2.24) is 4.98 Å². The highest BCUT2D eigenvalue weighted by atomic mass is 16.6. The summed E-state index contributed by atoms with van der Waals surface area (Å²) in [5.74, 6) is 0.194. The van der Waals surface area contributed by atoms with Gasteiger partial charge >= 0.3 is 5.69 Å². The fraction of sp³-hybridized carbons (Fsp3) is 0.500. The molecule has 0 amide bonds. The van der Waals surface area contributed by atoms with Gasteiger partial charge in [0.25, 0.3) is 0 Å². The second-order valence-electron chi connectivity index (χ2n) is 3.74. The Hall–Kier alpha value is -1.89. The Balaban J connectivity index is 2.06. The van der Waals surface area contributed by atoms with Crippen LogP contribution in [0.5, 0.6) is 5.88 Å². The molecular weight excluding hydrogens is 226 g/mol. The molecule has 0 radical (unpaired) electrons. The molecule has 1 saturated heterocycles. The van der Waals surface area contributed by atoms with Gasteiger partial charge < -0.3 is 15.2 Å². The predicted molar refractivity (Wildman–Crippen MR) is 59.8 cm³/mol. The number of hydrogen-bond donors (Lipinski definition) is 1. The molecule has 0 bridgehead atoms. The van der Waals surface area contributed by atoms with Crippen LogP contribution in [0.3, 0.4) is 0 Å². The molecule has 1 aromatic rings. The molecule has 1 aliphatic heterocycles. The minimum atomic E-state index is -0.569. The molecule has 2 N–H and O–H groups in total. The minimum absolute atomic E-state index is 0.0390. The van der Waals surface area contributed by atoms with E-state index in [1.165, 1.54) is 12.1 Å². The molecule has 0 aliphatic carbocycles. The maximum absolute atomic E-state index is 10.6. The van der Waals surface area contributed by atoms with Crippen molar-refractivity contribution in [3.8, 4) is 5.88 Å². The summed E-state index contributed by atoms with van der Waals surface area (Å²) in [6, 6.07) is 2.76. The van der Waals surface area contributed by atoms with Crippen molar-refractivity contribution in [2.75, 3.05) is 18.9 Å². The first-order valence-electron chi connectivity index (χ1n) is 5.32. The Morgan fingerprint density at radius 3 is 2.76 bits per heavy atom. The van der Waals surface area contributed by atoms with Crippen molar-refractivity contribution in [3.63, 3.8) is 0 Å². The first kappa shape index (κ1) is 11.6. The average molecular weight is 239 g/mol. The zero-order valence-electron chi connectivity index (χ0n) is 9.17. The summed E-state index contributed by atoms with van der Waals surface area (Å²) in [5, 5.41) is 10.6. The highest BCUT2D eigenvalue weighted by Crippen LogP contribution is 2.23. The highest BCUT2D eigenvalue weighted by molar-refractivity contribution is 5.53. The topological polar surface area (TPSA) is 101 Å². The Morgan fingerprint density at radius 2 is 2.18 bits per heavy atom. The maximum Gasteiger partial charge on any atom is 0.311 e. The minimum Gasteiger partial charge on any atom is -0.474 e. The van der Waals surface area contributed by atoms with Gasteiger partial charge in [0, 0.05) is 25.0 Å². The van der Waals surface area contributed by atoms with E-state index in [2.05, 4.69) is 4.98 Å². The lowest BCUT2D eigenvalue weighted by Gasteiger charge is -2.22. The normalized spacial score (nSPS) is 16.7. The maximum atomic E-state index is 10.6. The number of pyridine rings is 1. The lowest BCUT2D eigenvalue weighted by molar-refractivity contribution is -0.384. The third-order valence-electron chi connectivity index (χ3n) is 2.53. The second-order valence-corrected chi connectivity index (χ2v) is 3.74. The summed E-state index contributed by atoms with van der Waals surface area (Å²) in [7, 11) is 0. The van der Waals surface area contributed by atoms with Gasteiger partial charge in [0.05, 0.1) is 18.1 Å². The van der Waals surface area contributed by atoms with Crippen LogP contribution in [0.1, 0.15) is 12.8 Å². The van der Waals surface area contributed by atoms with E-state index in [1.54, 1.807) is 0 Å². The van der Waals surface area contributed by atoms with E-state index in [0.29, 0.717) is 19.1 Å². The van der Waals surface area contributed by atoms with Gasteiger partial charge in [0.2, 0.25) is 11.7 Å². The molecule has 17 heavy (non-hydrogen) atoms. The molecule has 1 aromatic heterocycles. The van der Waals surface area contributed by atoms with E-state index in [-0.39, 0.29) is 17.6 Å². The average Bonchev–Trinajstić information content (AvgIpc) is 2.30. The standard InChI is InChI=1S/C10H13N3O4/c11-10-8(13(14)15)1-2-9(12-10)17-7-3-5-16-6-4-7/h1-2,7H,3-6H2,(H2,11,12). The second kappa shape index (κ2) is 4.96. The van der Waals surface area contributed by atoms with Crippen molar-refractivity contribution in [2.45, 2.75) is 18.9 Å². The van der Waals surface area contributed by atoms with Crippen LogP contribution in [0.25, 0.3) is 0 Å². The van der Waals surface area contributed by atoms with Crippen molar-refractivity contribution in [2.24, 2.45) is 0 Å². The van der Waals surface area contributed by atoms with Crippen LogP contribution in [-0.2, 0) is 4.74 Å². The van der Waals surface area contributed by atoms with Crippen LogP contribution in [-0.4, -0.2) is 29.2 Å². The number of nitrogens with two attached hydrogens (primary N) is 1. The number of hydrogen-bond acceptors (Lipinski definition) is 6. The Kier molecular flexibility index (Phi) is 3.38. The molecule has 92 valence electrons. The van der Waals surface area contributed by atoms with Gasteiger partial charge in [-0.15, -0.1) is 0 Å². The van der Waals surface area contributed by atoms with Crippen LogP contribution in [0.2, 0.25) is 0 Å². The molecule has 0 aromatic carbocycles. The van der Waals surface area contributed by atoms with Gasteiger partial charge in [-0.1, -0.05) is 0 Å². The van der Waals surface area contributed by atoms with Gasteiger partial charge in [0.1, 0.15) is 6.10 Å². The van der Waals surface area contributed by atoms with Gasteiger partial charge in [0.15, 0.2) is 0 Å². The molecule has 7 heteroatoms. The molecule has 2 rings (SSSR count). The molecule has 2 heterocycles. The van der Waals surface area contributed by atoms with Gasteiger partial charge in [-0.05, 0) is 0 Å². The molecular formula is C10H13N3O4. The summed E-state index contributed by atoms with van der Waals surface area (Å²) in [6.07, 6.45) is 1.62. The third kappa shape index (κ3) is 2.82. The van der Waals surface area contributed by atoms with E-state index in [9.17, 15) is 10.1 Å². The molecule has 0 unspecified atom stereocenters. The van der Waals surface area contributed by atoms with Crippen LogP contribution in [0, 0.1) is 10.1 Å². The first-order chi connectivity index (χ1) is 8.16. The molecule has 0 saturated carbocycles. The van der Waals surface area contributed by atoms with Gasteiger partial charge in [-0.3, -0.25) is 10.1 Å². The van der Waals surface area contributed by atoms with Crippen molar-refractivity contribution in [3.05, 3.63) is 22.2 Å². The van der Waals surface area contributed by atoms with Crippen LogP contribution < -0.4 is 10.5 Å².